The first kappa shape index (κ1) is 21.1. The second kappa shape index (κ2) is 9.37. The van der Waals surface area contributed by atoms with Gasteiger partial charge >= 0.3 is 0 Å². The summed E-state index contributed by atoms with van der Waals surface area (Å²) in [5, 5.41) is 6.44. The Hall–Kier alpha value is -3.79. The lowest BCUT2D eigenvalue weighted by atomic mass is 10.2. The first-order chi connectivity index (χ1) is 16.1. The first-order valence-electron chi connectivity index (χ1n) is 10.9. The van der Waals surface area contributed by atoms with Gasteiger partial charge in [-0.05, 0) is 43.0 Å². The molecule has 1 fully saturated rings. The van der Waals surface area contributed by atoms with Crippen molar-refractivity contribution in [2.24, 2.45) is 4.99 Å². The number of amidine groups is 1. The fourth-order valence-corrected chi connectivity index (χ4v) is 3.66. The molecule has 0 bridgehead atoms. The van der Waals surface area contributed by atoms with Crippen LogP contribution in [0.2, 0.25) is 0 Å². The van der Waals surface area contributed by atoms with E-state index in [0.29, 0.717) is 36.8 Å². The molecule has 0 atom stereocenters. The number of nitrogens with one attached hydrogen (secondary N) is 2. The van der Waals surface area contributed by atoms with E-state index in [0.717, 1.165) is 43.1 Å². The van der Waals surface area contributed by atoms with Gasteiger partial charge in [0.25, 0.3) is 0 Å². The molecule has 0 amide bonds. The quantitative estimate of drug-likeness (QED) is 0.595. The zero-order valence-electron chi connectivity index (χ0n) is 18.3. The molecule has 0 radical (unpaired) electrons. The van der Waals surface area contributed by atoms with Crippen molar-refractivity contribution in [1.29, 1.82) is 0 Å². The monoisotopic (exact) mass is 448 g/mol. The standard InChI is InChI=1S/C23H25FN8O/c1-31-8-10-32(11-9-31)23-29-21(26-14-16-4-6-18(24)7-5-16)28-22(30-23)27-20-13-17(15-25-20)19-3-2-12-33-19/h2-7,12-13H,8-11,14-15H2,1H3,(H2,25,26,27,28,29,30). The molecule has 2 N–H and O–H groups in total. The molecule has 2 aliphatic heterocycles. The van der Waals surface area contributed by atoms with Gasteiger partial charge in [0, 0.05) is 38.3 Å². The molecule has 1 saturated heterocycles. The molecule has 0 aliphatic carbocycles. The number of hydrogen-bond acceptors (Lipinski definition) is 9. The maximum absolute atomic E-state index is 13.2. The number of anilines is 3. The Morgan fingerprint density at radius 3 is 2.55 bits per heavy atom. The highest BCUT2D eigenvalue weighted by atomic mass is 19.1. The van der Waals surface area contributed by atoms with Crippen LogP contribution >= 0.6 is 0 Å². The topological polar surface area (TPSA) is 94.7 Å². The minimum absolute atomic E-state index is 0.262. The third-order valence-corrected chi connectivity index (χ3v) is 5.58. The molecule has 0 spiro atoms. The smallest absolute Gasteiger partial charge is 0.234 e. The summed E-state index contributed by atoms with van der Waals surface area (Å²) in [6.45, 7) is 4.54. The Labute approximate surface area is 191 Å². The minimum Gasteiger partial charge on any atom is -0.465 e. The molecule has 5 rings (SSSR count). The number of aromatic nitrogens is 3. The maximum atomic E-state index is 13.2. The summed E-state index contributed by atoms with van der Waals surface area (Å²) in [5.41, 5.74) is 1.92. The number of nitrogens with zero attached hydrogens (tertiary/aromatic N) is 6. The van der Waals surface area contributed by atoms with Gasteiger partial charge < -0.3 is 24.9 Å². The maximum Gasteiger partial charge on any atom is 0.234 e. The minimum atomic E-state index is -0.262. The molecular formula is C23H25FN8O. The molecule has 3 aromatic rings. The predicted octanol–water partition coefficient (Wildman–Crippen LogP) is 2.88. The number of benzene rings is 1. The van der Waals surface area contributed by atoms with Crippen molar-refractivity contribution in [2.45, 2.75) is 6.54 Å². The highest BCUT2D eigenvalue weighted by Gasteiger charge is 2.20. The number of furan rings is 1. The molecule has 1 aromatic carbocycles. The molecule has 9 nitrogen and oxygen atoms in total. The summed E-state index contributed by atoms with van der Waals surface area (Å²) < 4.78 is 18.7. The van der Waals surface area contributed by atoms with Gasteiger partial charge in [0.2, 0.25) is 17.8 Å². The second-order valence-electron chi connectivity index (χ2n) is 8.03. The van der Waals surface area contributed by atoms with Crippen LogP contribution in [0.15, 0.2) is 58.1 Å². The Morgan fingerprint density at radius 2 is 1.79 bits per heavy atom. The Morgan fingerprint density at radius 1 is 1.00 bits per heavy atom. The zero-order valence-corrected chi connectivity index (χ0v) is 18.3. The van der Waals surface area contributed by atoms with Crippen LogP contribution in [0.1, 0.15) is 11.3 Å². The number of rotatable bonds is 6. The van der Waals surface area contributed by atoms with E-state index < -0.39 is 0 Å². The molecule has 2 aromatic heterocycles. The van der Waals surface area contributed by atoms with Crippen LogP contribution in [0.3, 0.4) is 0 Å². The molecule has 4 heterocycles. The second-order valence-corrected chi connectivity index (χ2v) is 8.03. The molecular weight excluding hydrogens is 423 g/mol. The van der Waals surface area contributed by atoms with Crippen molar-refractivity contribution in [3.63, 3.8) is 0 Å². The molecule has 0 saturated carbocycles. The van der Waals surface area contributed by atoms with E-state index in [1.165, 1.54) is 12.1 Å². The van der Waals surface area contributed by atoms with Gasteiger partial charge in [0.05, 0.1) is 12.8 Å². The van der Waals surface area contributed by atoms with E-state index in [4.69, 9.17) is 4.42 Å². The van der Waals surface area contributed by atoms with Crippen LogP contribution in [0.4, 0.5) is 22.2 Å². The number of halogens is 1. The number of piperazine rings is 1. The molecule has 33 heavy (non-hydrogen) atoms. The predicted molar refractivity (Wildman–Crippen MR) is 126 cm³/mol. The van der Waals surface area contributed by atoms with E-state index in [1.807, 2.05) is 18.2 Å². The fraction of sp³-hybridized carbons (Fsp3) is 0.304. The van der Waals surface area contributed by atoms with Gasteiger partial charge in [-0.25, -0.2) is 4.39 Å². The van der Waals surface area contributed by atoms with E-state index in [9.17, 15) is 4.39 Å². The van der Waals surface area contributed by atoms with Crippen LogP contribution in [0.25, 0.3) is 5.57 Å². The zero-order chi connectivity index (χ0) is 22.6. The normalized spacial score (nSPS) is 16.5. The van der Waals surface area contributed by atoms with E-state index in [2.05, 4.69) is 47.4 Å². The van der Waals surface area contributed by atoms with Crippen molar-refractivity contribution in [1.82, 2.24) is 19.9 Å². The van der Waals surface area contributed by atoms with Crippen LogP contribution in [-0.2, 0) is 6.54 Å². The largest absolute Gasteiger partial charge is 0.465 e. The fourth-order valence-electron chi connectivity index (χ4n) is 3.66. The Bertz CT molecular complexity index is 1150. The van der Waals surface area contributed by atoms with E-state index >= 15 is 0 Å². The summed E-state index contributed by atoms with van der Waals surface area (Å²) in [7, 11) is 2.11. The highest BCUT2D eigenvalue weighted by molar-refractivity contribution is 6.09. The van der Waals surface area contributed by atoms with Crippen LogP contribution in [0.5, 0.6) is 0 Å². The van der Waals surface area contributed by atoms with Crippen molar-refractivity contribution in [2.75, 3.05) is 55.3 Å². The summed E-state index contributed by atoms with van der Waals surface area (Å²) >= 11 is 0. The molecule has 0 unspecified atom stereocenters. The Balaban J connectivity index is 1.35. The first-order valence-corrected chi connectivity index (χ1v) is 10.9. The average molecular weight is 449 g/mol. The van der Waals surface area contributed by atoms with Crippen LogP contribution < -0.4 is 15.5 Å². The van der Waals surface area contributed by atoms with Gasteiger partial charge in [0.1, 0.15) is 17.4 Å². The van der Waals surface area contributed by atoms with Crippen LogP contribution in [-0.4, -0.2) is 65.5 Å². The number of likely N-dealkylation sites (N-methyl/N-ethyl adjacent to an activating group) is 1. The van der Waals surface area contributed by atoms with E-state index in [1.54, 1.807) is 18.4 Å². The third kappa shape index (κ3) is 5.17. The van der Waals surface area contributed by atoms with Crippen molar-refractivity contribution < 1.29 is 8.81 Å². The van der Waals surface area contributed by atoms with Crippen molar-refractivity contribution in [3.05, 3.63) is 65.9 Å². The lowest BCUT2D eigenvalue weighted by Gasteiger charge is -2.32. The van der Waals surface area contributed by atoms with Crippen molar-refractivity contribution in [3.8, 4) is 0 Å². The third-order valence-electron chi connectivity index (χ3n) is 5.58. The highest BCUT2D eigenvalue weighted by Crippen LogP contribution is 2.21. The number of hydrogen-bond donors (Lipinski definition) is 2. The summed E-state index contributed by atoms with van der Waals surface area (Å²) in [6.07, 6.45) is 3.58. The lowest BCUT2D eigenvalue weighted by Crippen LogP contribution is -2.45. The van der Waals surface area contributed by atoms with Crippen LogP contribution in [0, 0.1) is 5.82 Å². The molecule has 170 valence electrons. The van der Waals surface area contributed by atoms with E-state index in [-0.39, 0.29) is 5.82 Å². The molecule has 10 heteroatoms. The van der Waals surface area contributed by atoms with Gasteiger partial charge in [0.15, 0.2) is 0 Å². The molecule has 2 aliphatic rings. The van der Waals surface area contributed by atoms with Gasteiger partial charge in [-0.2, -0.15) is 15.0 Å². The average Bonchev–Trinajstić information content (AvgIpc) is 3.51. The van der Waals surface area contributed by atoms with Gasteiger partial charge in [-0.1, -0.05) is 12.1 Å². The van der Waals surface area contributed by atoms with Gasteiger partial charge in [-0.15, -0.1) is 0 Å². The van der Waals surface area contributed by atoms with Crippen molar-refractivity contribution >= 4 is 29.3 Å². The number of aliphatic imine (C=N–C) groups is 1. The summed E-state index contributed by atoms with van der Waals surface area (Å²) in [4.78, 5) is 22.8. The van der Waals surface area contributed by atoms with Gasteiger partial charge in [-0.3, -0.25) is 4.99 Å². The Kier molecular flexibility index (Phi) is 5.99. The lowest BCUT2D eigenvalue weighted by molar-refractivity contribution is 0.311. The summed E-state index contributed by atoms with van der Waals surface area (Å²) in [6, 6.07) is 10.1. The summed E-state index contributed by atoms with van der Waals surface area (Å²) in [5.74, 6) is 2.67. The SMILES string of the molecule is CN1CCN(c2nc(NCc3ccc(F)cc3)nc(NC3=NCC(c4ccco4)=C3)n2)CC1.